The van der Waals surface area contributed by atoms with Gasteiger partial charge in [-0.1, -0.05) is 0 Å². The summed E-state index contributed by atoms with van der Waals surface area (Å²) in [6, 6.07) is 3.88. The number of ether oxygens (including phenoxy) is 2. The minimum atomic E-state index is 0.564. The second-order valence-corrected chi connectivity index (χ2v) is 5.45. The smallest absolute Gasteiger partial charge is 0.163 e. The summed E-state index contributed by atoms with van der Waals surface area (Å²) in [6.45, 7) is 4.96. The van der Waals surface area contributed by atoms with E-state index in [4.69, 9.17) is 15.2 Å². The summed E-state index contributed by atoms with van der Waals surface area (Å²) in [4.78, 5) is 11.1. The molecule has 1 saturated heterocycles. The Morgan fingerprint density at radius 3 is 2.78 bits per heavy atom. The van der Waals surface area contributed by atoms with Crippen molar-refractivity contribution in [3.8, 4) is 11.5 Å². The molecule has 1 aliphatic rings. The fraction of sp³-hybridized carbons (Fsp3) is 0.500. The summed E-state index contributed by atoms with van der Waals surface area (Å²) in [5, 5.41) is 4.34. The summed E-state index contributed by atoms with van der Waals surface area (Å²) < 4.78 is 11.3. The molecular formula is C16H23N5O2. The lowest BCUT2D eigenvalue weighted by Crippen LogP contribution is -2.44. The lowest BCUT2D eigenvalue weighted by atomic mass is 10.2. The van der Waals surface area contributed by atoms with Gasteiger partial charge in [0.15, 0.2) is 11.5 Å². The van der Waals surface area contributed by atoms with Gasteiger partial charge in [0, 0.05) is 37.6 Å². The number of rotatable bonds is 6. The van der Waals surface area contributed by atoms with Gasteiger partial charge in [-0.3, -0.25) is 0 Å². The first-order valence-corrected chi connectivity index (χ1v) is 7.94. The molecule has 1 aromatic heterocycles. The fourth-order valence-corrected chi connectivity index (χ4v) is 2.72. The number of aromatic nitrogens is 2. The van der Waals surface area contributed by atoms with Crippen molar-refractivity contribution in [3.05, 3.63) is 18.5 Å². The van der Waals surface area contributed by atoms with E-state index in [-0.39, 0.29) is 0 Å². The predicted octanol–water partition coefficient (Wildman–Crippen LogP) is 0.776. The Morgan fingerprint density at radius 2 is 2.04 bits per heavy atom. The third-order valence-electron chi connectivity index (χ3n) is 3.92. The summed E-state index contributed by atoms with van der Waals surface area (Å²) in [5.74, 6) is 2.34. The van der Waals surface area contributed by atoms with Gasteiger partial charge in [-0.15, -0.1) is 0 Å². The molecule has 0 bridgehead atoms. The van der Waals surface area contributed by atoms with E-state index in [9.17, 15) is 0 Å². The van der Waals surface area contributed by atoms with Crippen LogP contribution >= 0.6 is 0 Å². The molecule has 7 heteroatoms. The molecule has 3 rings (SSSR count). The van der Waals surface area contributed by atoms with Gasteiger partial charge in [0.1, 0.15) is 12.1 Å². The maximum atomic E-state index is 5.77. The van der Waals surface area contributed by atoms with E-state index < -0.39 is 0 Å². The number of fused-ring (bicyclic) bond motifs is 1. The number of hydrogen-bond acceptors (Lipinski definition) is 7. The van der Waals surface area contributed by atoms with Gasteiger partial charge in [0.2, 0.25) is 0 Å². The minimum absolute atomic E-state index is 0.564. The Morgan fingerprint density at radius 1 is 1.22 bits per heavy atom. The Balaban J connectivity index is 1.97. The quantitative estimate of drug-likeness (QED) is 0.761. The van der Waals surface area contributed by atoms with E-state index in [1.54, 1.807) is 13.4 Å². The minimum Gasteiger partial charge on any atom is -0.493 e. The normalized spacial score (nSPS) is 15.0. The first-order chi connectivity index (χ1) is 11.3. The monoisotopic (exact) mass is 317 g/mol. The third-order valence-corrected chi connectivity index (χ3v) is 3.92. The van der Waals surface area contributed by atoms with Gasteiger partial charge in [0.05, 0.1) is 19.2 Å². The zero-order valence-electron chi connectivity index (χ0n) is 13.4. The van der Waals surface area contributed by atoms with Crippen LogP contribution in [0.15, 0.2) is 18.5 Å². The highest BCUT2D eigenvalue weighted by molar-refractivity contribution is 5.92. The number of nitrogens with zero attached hydrogens (tertiary/aromatic N) is 3. The Bertz CT molecular complexity index is 658. The molecule has 0 aliphatic carbocycles. The largest absolute Gasteiger partial charge is 0.493 e. The van der Waals surface area contributed by atoms with Gasteiger partial charge in [-0.05, 0) is 19.0 Å². The first-order valence-electron chi connectivity index (χ1n) is 7.94. The lowest BCUT2D eigenvalue weighted by Gasteiger charge is -2.29. The number of methoxy groups -OCH3 is 1. The highest BCUT2D eigenvalue weighted by Gasteiger charge is 2.17. The van der Waals surface area contributed by atoms with E-state index >= 15 is 0 Å². The number of nitrogens with one attached hydrogen (secondary N) is 1. The average molecular weight is 317 g/mol. The molecule has 0 saturated carbocycles. The standard InChI is InChI=1S/C16H23N5O2/c1-22-14-9-12-13(10-15(14)23-8-2-3-17)19-11-20-16(12)21-6-4-18-5-7-21/h9-11,18H,2-8,17H2,1H3. The van der Waals surface area contributed by atoms with Gasteiger partial charge in [-0.2, -0.15) is 0 Å². The molecule has 0 radical (unpaired) electrons. The van der Waals surface area contributed by atoms with Crippen LogP contribution in [0.1, 0.15) is 6.42 Å². The molecule has 0 atom stereocenters. The number of anilines is 1. The third kappa shape index (κ3) is 3.46. The van der Waals surface area contributed by atoms with Crippen LogP contribution in [0, 0.1) is 0 Å². The average Bonchev–Trinajstić information content (AvgIpc) is 2.61. The van der Waals surface area contributed by atoms with Crippen molar-refractivity contribution >= 4 is 16.7 Å². The lowest BCUT2D eigenvalue weighted by molar-refractivity contribution is 0.292. The Labute approximate surface area is 135 Å². The molecule has 7 nitrogen and oxygen atoms in total. The van der Waals surface area contributed by atoms with Gasteiger partial charge < -0.3 is 25.4 Å². The maximum Gasteiger partial charge on any atom is 0.163 e. The van der Waals surface area contributed by atoms with E-state index in [2.05, 4.69) is 20.2 Å². The van der Waals surface area contributed by atoms with Crippen molar-refractivity contribution < 1.29 is 9.47 Å². The van der Waals surface area contributed by atoms with Crippen LogP contribution in [0.4, 0.5) is 5.82 Å². The SMILES string of the molecule is COc1cc2c(N3CCNCC3)ncnc2cc1OCCCN. The van der Waals surface area contributed by atoms with Crippen molar-refractivity contribution in [3.63, 3.8) is 0 Å². The molecule has 2 heterocycles. The summed E-state index contributed by atoms with van der Waals surface area (Å²) in [7, 11) is 1.64. The summed E-state index contributed by atoms with van der Waals surface area (Å²) >= 11 is 0. The Kier molecular flexibility index (Phi) is 5.09. The van der Waals surface area contributed by atoms with Crippen LogP contribution in [0.2, 0.25) is 0 Å². The van der Waals surface area contributed by atoms with Crippen LogP contribution < -0.4 is 25.4 Å². The number of nitrogens with two attached hydrogens (primary N) is 1. The van der Waals surface area contributed by atoms with E-state index in [0.29, 0.717) is 24.7 Å². The van der Waals surface area contributed by atoms with Crippen molar-refractivity contribution in [2.45, 2.75) is 6.42 Å². The van der Waals surface area contributed by atoms with Crippen LogP contribution in [0.25, 0.3) is 10.9 Å². The number of hydrogen-bond donors (Lipinski definition) is 2. The van der Waals surface area contributed by atoms with Crippen molar-refractivity contribution in [1.82, 2.24) is 15.3 Å². The molecule has 1 fully saturated rings. The molecule has 0 spiro atoms. The molecule has 23 heavy (non-hydrogen) atoms. The summed E-state index contributed by atoms with van der Waals surface area (Å²) in [6.07, 6.45) is 2.41. The van der Waals surface area contributed by atoms with E-state index in [1.807, 2.05) is 12.1 Å². The predicted molar refractivity (Wildman–Crippen MR) is 90.3 cm³/mol. The molecular weight excluding hydrogens is 294 g/mol. The molecule has 0 unspecified atom stereocenters. The topological polar surface area (TPSA) is 85.5 Å². The maximum absolute atomic E-state index is 5.77. The first kappa shape index (κ1) is 15.8. The van der Waals surface area contributed by atoms with Crippen molar-refractivity contribution in [2.24, 2.45) is 5.73 Å². The second-order valence-electron chi connectivity index (χ2n) is 5.45. The van der Waals surface area contributed by atoms with Gasteiger partial charge in [0.25, 0.3) is 0 Å². The molecule has 0 amide bonds. The number of piperazine rings is 1. The molecule has 124 valence electrons. The zero-order chi connectivity index (χ0) is 16.1. The van der Waals surface area contributed by atoms with E-state index in [0.717, 1.165) is 49.3 Å². The fourth-order valence-electron chi connectivity index (χ4n) is 2.72. The van der Waals surface area contributed by atoms with Crippen molar-refractivity contribution in [1.29, 1.82) is 0 Å². The second kappa shape index (κ2) is 7.43. The summed E-state index contributed by atoms with van der Waals surface area (Å²) in [5.41, 5.74) is 6.37. The van der Waals surface area contributed by atoms with Crippen molar-refractivity contribution in [2.75, 3.05) is 51.3 Å². The molecule has 1 aromatic carbocycles. The highest BCUT2D eigenvalue weighted by Crippen LogP contribution is 2.35. The Hall–Kier alpha value is -2.12. The molecule has 3 N–H and O–H groups in total. The number of benzene rings is 1. The van der Waals surface area contributed by atoms with Gasteiger partial charge >= 0.3 is 0 Å². The van der Waals surface area contributed by atoms with Crippen LogP contribution in [-0.2, 0) is 0 Å². The van der Waals surface area contributed by atoms with Crippen LogP contribution in [-0.4, -0.2) is 56.4 Å². The zero-order valence-corrected chi connectivity index (χ0v) is 13.4. The van der Waals surface area contributed by atoms with Crippen LogP contribution in [0.5, 0.6) is 11.5 Å². The van der Waals surface area contributed by atoms with E-state index in [1.165, 1.54) is 0 Å². The highest BCUT2D eigenvalue weighted by atomic mass is 16.5. The van der Waals surface area contributed by atoms with Gasteiger partial charge in [-0.25, -0.2) is 9.97 Å². The molecule has 2 aromatic rings. The van der Waals surface area contributed by atoms with Crippen LogP contribution in [0.3, 0.4) is 0 Å². The molecule has 1 aliphatic heterocycles.